The van der Waals surface area contributed by atoms with Crippen molar-refractivity contribution in [3.63, 3.8) is 0 Å². The number of rotatable bonds is 3. The van der Waals surface area contributed by atoms with E-state index < -0.39 is 0 Å². The Kier molecular flexibility index (Phi) is 3.81. The molecular weight excluding hydrogens is 277 g/mol. The van der Waals surface area contributed by atoms with E-state index in [1.165, 1.54) is 12.8 Å². The molecule has 0 radical (unpaired) electrons. The molecule has 0 amide bonds. The van der Waals surface area contributed by atoms with E-state index in [1.807, 2.05) is 0 Å². The number of hydrogen-bond donors (Lipinski definition) is 1. The van der Waals surface area contributed by atoms with Gasteiger partial charge in [0.25, 0.3) is 0 Å². The summed E-state index contributed by atoms with van der Waals surface area (Å²) in [5.74, 6) is 1.23. The summed E-state index contributed by atoms with van der Waals surface area (Å²) in [4.78, 5) is 8.30. The molecule has 0 aromatic carbocycles. The van der Waals surface area contributed by atoms with Crippen LogP contribution in [0.5, 0.6) is 0 Å². The third kappa shape index (κ3) is 3.05. The summed E-state index contributed by atoms with van der Waals surface area (Å²) in [6.45, 7) is 0.871. The van der Waals surface area contributed by atoms with E-state index in [2.05, 4.69) is 31.2 Å². The molecule has 2 unspecified atom stereocenters. The second kappa shape index (κ2) is 5.12. The molecule has 1 aliphatic carbocycles. The maximum atomic E-state index is 6.18. The molecule has 0 aliphatic heterocycles. The van der Waals surface area contributed by atoms with Gasteiger partial charge in [0.1, 0.15) is 0 Å². The average molecular weight is 291 g/mol. The third-order valence-corrected chi connectivity index (χ3v) is 3.69. The number of aromatic nitrogens is 2. The lowest BCUT2D eigenvalue weighted by Crippen LogP contribution is -2.19. The lowest BCUT2D eigenvalue weighted by Gasteiger charge is -2.13. The molecule has 1 aromatic heterocycles. The van der Waals surface area contributed by atoms with E-state index in [-0.39, 0.29) is 0 Å². The molecule has 1 heterocycles. The fourth-order valence-electron chi connectivity index (χ4n) is 1.85. The monoisotopic (exact) mass is 289 g/mol. The highest BCUT2D eigenvalue weighted by atomic mass is 79.9. The van der Waals surface area contributed by atoms with Gasteiger partial charge >= 0.3 is 0 Å². The summed E-state index contributed by atoms with van der Waals surface area (Å²) in [5.41, 5.74) is 0. The number of halogens is 2. The van der Waals surface area contributed by atoms with Crippen molar-refractivity contribution in [2.24, 2.45) is 5.92 Å². The fourth-order valence-corrected chi connectivity index (χ4v) is 2.42. The van der Waals surface area contributed by atoms with Crippen molar-refractivity contribution in [1.82, 2.24) is 9.97 Å². The zero-order chi connectivity index (χ0) is 10.7. The fraction of sp³-hybridized carbons (Fsp3) is 0.600. The Bertz CT molecular complexity index is 317. The highest BCUT2D eigenvalue weighted by Crippen LogP contribution is 2.29. The summed E-state index contributed by atoms with van der Waals surface area (Å²) in [7, 11) is 0. The molecular formula is C10H13BrClN3. The second-order valence-electron chi connectivity index (χ2n) is 3.81. The normalized spacial score (nSPS) is 25.5. The Morgan fingerprint density at radius 3 is 2.73 bits per heavy atom. The van der Waals surface area contributed by atoms with E-state index in [0.29, 0.717) is 17.2 Å². The van der Waals surface area contributed by atoms with Gasteiger partial charge in [-0.2, -0.15) is 0 Å². The van der Waals surface area contributed by atoms with Gasteiger partial charge in [0.15, 0.2) is 0 Å². The van der Waals surface area contributed by atoms with Crippen molar-refractivity contribution in [2.45, 2.75) is 24.6 Å². The highest BCUT2D eigenvalue weighted by Gasteiger charge is 2.24. The maximum absolute atomic E-state index is 6.18. The first-order valence-corrected chi connectivity index (χ1v) is 6.34. The zero-order valence-electron chi connectivity index (χ0n) is 8.29. The zero-order valence-corrected chi connectivity index (χ0v) is 10.6. The molecule has 2 atom stereocenters. The SMILES string of the molecule is ClC1CCCC1CNc1ncc(Br)cn1. The predicted molar refractivity (Wildman–Crippen MR) is 65.2 cm³/mol. The average Bonchev–Trinajstić information content (AvgIpc) is 2.63. The van der Waals surface area contributed by atoms with E-state index in [1.54, 1.807) is 12.4 Å². The molecule has 15 heavy (non-hydrogen) atoms. The van der Waals surface area contributed by atoms with E-state index in [4.69, 9.17) is 11.6 Å². The Balaban J connectivity index is 1.85. The van der Waals surface area contributed by atoms with Crippen LogP contribution >= 0.6 is 27.5 Å². The number of nitrogens with zero attached hydrogens (tertiary/aromatic N) is 2. The van der Waals surface area contributed by atoms with Crippen molar-refractivity contribution in [3.05, 3.63) is 16.9 Å². The van der Waals surface area contributed by atoms with Crippen LogP contribution in [-0.2, 0) is 0 Å². The highest BCUT2D eigenvalue weighted by molar-refractivity contribution is 9.10. The van der Waals surface area contributed by atoms with Crippen molar-refractivity contribution >= 4 is 33.5 Å². The van der Waals surface area contributed by atoms with Gasteiger partial charge in [-0.1, -0.05) is 6.42 Å². The maximum Gasteiger partial charge on any atom is 0.222 e. The molecule has 1 fully saturated rings. The van der Waals surface area contributed by atoms with Gasteiger partial charge in [0.05, 0.1) is 4.47 Å². The van der Waals surface area contributed by atoms with Crippen LogP contribution in [0.3, 0.4) is 0 Å². The number of hydrogen-bond acceptors (Lipinski definition) is 3. The van der Waals surface area contributed by atoms with Crippen LogP contribution in [0.1, 0.15) is 19.3 Å². The molecule has 1 aliphatic rings. The van der Waals surface area contributed by atoms with Crippen molar-refractivity contribution < 1.29 is 0 Å². The molecule has 0 bridgehead atoms. The van der Waals surface area contributed by atoms with E-state index in [0.717, 1.165) is 17.4 Å². The van der Waals surface area contributed by atoms with Crippen molar-refractivity contribution in [3.8, 4) is 0 Å². The van der Waals surface area contributed by atoms with Crippen LogP contribution < -0.4 is 5.32 Å². The van der Waals surface area contributed by atoms with Crippen LogP contribution in [0.2, 0.25) is 0 Å². The van der Waals surface area contributed by atoms with Crippen LogP contribution in [0, 0.1) is 5.92 Å². The summed E-state index contributed by atoms with van der Waals surface area (Å²) in [6.07, 6.45) is 7.05. The van der Waals surface area contributed by atoms with Gasteiger partial charge in [0, 0.05) is 24.3 Å². The first kappa shape index (κ1) is 11.1. The van der Waals surface area contributed by atoms with Crippen LogP contribution in [0.25, 0.3) is 0 Å². The lowest BCUT2D eigenvalue weighted by atomic mass is 10.1. The van der Waals surface area contributed by atoms with Gasteiger partial charge in [-0.15, -0.1) is 11.6 Å². The minimum Gasteiger partial charge on any atom is -0.354 e. The molecule has 1 saturated carbocycles. The smallest absolute Gasteiger partial charge is 0.222 e. The van der Waals surface area contributed by atoms with Gasteiger partial charge in [-0.05, 0) is 34.7 Å². The Morgan fingerprint density at radius 1 is 1.40 bits per heavy atom. The molecule has 2 rings (SSSR count). The lowest BCUT2D eigenvalue weighted by molar-refractivity contribution is 0.584. The van der Waals surface area contributed by atoms with Crippen molar-refractivity contribution in [2.75, 3.05) is 11.9 Å². The molecule has 5 heteroatoms. The van der Waals surface area contributed by atoms with Gasteiger partial charge in [-0.3, -0.25) is 0 Å². The van der Waals surface area contributed by atoms with E-state index >= 15 is 0 Å². The standard InChI is InChI=1S/C10H13BrClN3/c11-8-5-14-10(15-6-8)13-4-7-2-1-3-9(7)12/h5-7,9H,1-4H2,(H,13,14,15). The Hall–Kier alpha value is -0.350. The Labute approximate surface area is 103 Å². The first-order valence-electron chi connectivity index (χ1n) is 5.11. The topological polar surface area (TPSA) is 37.8 Å². The summed E-state index contributed by atoms with van der Waals surface area (Å²) < 4.78 is 0.893. The second-order valence-corrected chi connectivity index (χ2v) is 5.29. The van der Waals surface area contributed by atoms with Crippen LogP contribution in [0.15, 0.2) is 16.9 Å². The first-order chi connectivity index (χ1) is 7.25. The number of nitrogens with one attached hydrogen (secondary N) is 1. The van der Waals surface area contributed by atoms with E-state index in [9.17, 15) is 0 Å². The molecule has 1 N–H and O–H groups in total. The van der Waals surface area contributed by atoms with Gasteiger partial charge < -0.3 is 5.32 Å². The summed E-state index contributed by atoms with van der Waals surface area (Å²) in [5, 5.41) is 3.53. The number of alkyl halides is 1. The largest absolute Gasteiger partial charge is 0.354 e. The quantitative estimate of drug-likeness (QED) is 0.870. The minimum atomic E-state index is 0.313. The van der Waals surface area contributed by atoms with Crippen molar-refractivity contribution in [1.29, 1.82) is 0 Å². The molecule has 1 aromatic rings. The Morgan fingerprint density at radius 2 is 2.13 bits per heavy atom. The summed E-state index contributed by atoms with van der Waals surface area (Å²) >= 11 is 9.48. The molecule has 3 nitrogen and oxygen atoms in total. The van der Waals surface area contributed by atoms with Crippen LogP contribution in [0.4, 0.5) is 5.95 Å². The third-order valence-electron chi connectivity index (χ3n) is 2.71. The molecule has 0 saturated heterocycles. The van der Waals surface area contributed by atoms with Crippen LogP contribution in [-0.4, -0.2) is 21.9 Å². The summed E-state index contributed by atoms with van der Waals surface area (Å²) in [6, 6.07) is 0. The minimum absolute atomic E-state index is 0.313. The predicted octanol–water partition coefficient (Wildman–Crippen LogP) is 3.06. The van der Waals surface area contributed by atoms with Gasteiger partial charge in [-0.25, -0.2) is 9.97 Å². The van der Waals surface area contributed by atoms with Gasteiger partial charge in [0.2, 0.25) is 5.95 Å². The molecule has 0 spiro atoms. The number of anilines is 1. The molecule has 82 valence electrons.